The van der Waals surface area contributed by atoms with Crippen LogP contribution in [-0.2, 0) is 4.79 Å². The van der Waals surface area contributed by atoms with Crippen molar-refractivity contribution in [2.24, 2.45) is 0 Å². The first-order valence-corrected chi connectivity index (χ1v) is 8.71. The average Bonchev–Trinajstić information content (AvgIpc) is 2.89. The van der Waals surface area contributed by atoms with E-state index in [1.54, 1.807) is 0 Å². The molecular weight excluding hydrogens is 338 g/mol. The molecule has 0 atom stereocenters. The van der Waals surface area contributed by atoms with Gasteiger partial charge in [0.05, 0.1) is 16.0 Å². The highest BCUT2D eigenvalue weighted by Crippen LogP contribution is 2.47. The number of aliphatic hydroxyl groups is 1. The van der Waals surface area contributed by atoms with Gasteiger partial charge >= 0.3 is 0 Å². The van der Waals surface area contributed by atoms with Gasteiger partial charge in [0.1, 0.15) is 10.8 Å². The van der Waals surface area contributed by atoms with E-state index in [2.05, 4.69) is 4.98 Å². The van der Waals surface area contributed by atoms with Crippen LogP contribution in [0, 0.1) is 6.92 Å². The van der Waals surface area contributed by atoms with Crippen molar-refractivity contribution in [2.45, 2.75) is 25.5 Å². The van der Waals surface area contributed by atoms with E-state index in [0.717, 1.165) is 27.2 Å². The highest BCUT2D eigenvalue weighted by Gasteiger charge is 2.41. The van der Waals surface area contributed by atoms with Crippen LogP contribution in [0.4, 0.5) is 0 Å². The molecule has 0 unspecified atom stereocenters. The van der Waals surface area contributed by atoms with Crippen LogP contribution in [0.1, 0.15) is 24.4 Å². The number of carbonyl (C=O) groups excluding carboxylic acids is 1. The van der Waals surface area contributed by atoms with Crippen molar-refractivity contribution in [3.05, 3.63) is 45.6 Å². The predicted octanol–water partition coefficient (Wildman–Crippen LogP) is 5.09. The van der Waals surface area contributed by atoms with Gasteiger partial charge in [-0.2, -0.15) is 0 Å². The second-order valence-corrected chi connectivity index (χ2v) is 8.79. The quantitative estimate of drug-likeness (QED) is 0.818. The summed E-state index contributed by atoms with van der Waals surface area (Å²) in [4.78, 5) is 17.7. The van der Waals surface area contributed by atoms with E-state index < -0.39 is 4.75 Å². The van der Waals surface area contributed by atoms with Crippen LogP contribution in [-0.4, -0.2) is 20.0 Å². The van der Waals surface area contributed by atoms with E-state index >= 15 is 0 Å². The molecule has 1 aromatic carbocycles. The Bertz CT molecular complexity index is 791. The number of benzene rings is 1. The van der Waals surface area contributed by atoms with E-state index in [-0.39, 0.29) is 10.9 Å². The molecule has 1 aromatic heterocycles. The fourth-order valence-corrected chi connectivity index (χ4v) is 4.29. The smallest absolute Gasteiger partial charge is 0.225 e. The minimum absolute atomic E-state index is 0.110. The molecule has 0 saturated heterocycles. The van der Waals surface area contributed by atoms with Gasteiger partial charge in [-0.3, -0.25) is 4.79 Å². The largest absolute Gasteiger partial charge is 0.510 e. The average molecular weight is 352 g/mol. The Kier molecular flexibility index (Phi) is 3.83. The summed E-state index contributed by atoms with van der Waals surface area (Å²) in [5.74, 6) is 0.110. The van der Waals surface area contributed by atoms with Gasteiger partial charge in [0.2, 0.25) is 5.12 Å². The number of aryl methyl sites for hydroxylation is 1. The highest BCUT2D eigenvalue weighted by molar-refractivity contribution is 8.16. The fourth-order valence-electron chi connectivity index (χ4n) is 2.28. The Morgan fingerprint density at radius 1 is 1.23 bits per heavy atom. The maximum absolute atomic E-state index is 12.2. The molecular formula is C16H14ClNO2S2. The van der Waals surface area contributed by atoms with Gasteiger partial charge in [0, 0.05) is 15.5 Å². The zero-order valence-corrected chi connectivity index (χ0v) is 14.7. The zero-order valence-electron chi connectivity index (χ0n) is 12.3. The molecule has 0 aliphatic carbocycles. The summed E-state index contributed by atoms with van der Waals surface area (Å²) in [7, 11) is 0. The minimum atomic E-state index is -0.594. The summed E-state index contributed by atoms with van der Waals surface area (Å²) < 4.78 is -0.594. The van der Waals surface area contributed by atoms with Crippen molar-refractivity contribution in [1.82, 2.24) is 4.98 Å². The molecule has 1 aliphatic rings. The molecule has 6 heteroatoms. The van der Waals surface area contributed by atoms with Gasteiger partial charge in [-0.25, -0.2) is 4.98 Å². The number of aliphatic hydroxyl groups excluding tert-OH is 1. The molecule has 3 nitrogen and oxygen atoms in total. The molecule has 2 aromatic rings. The van der Waals surface area contributed by atoms with Crippen LogP contribution in [0.25, 0.3) is 16.1 Å². The van der Waals surface area contributed by atoms with E-state index in [9.17, 15) is 9.90 Å². The molecule has 0 spiro atoms. The topological polar surface area (TPSA) is 50.2 Å². The summed E-state index contributed by atoms with van der Waals surface area (Å²) in [6.45, 7) is 5.58. The van der Waals surface area contributed by atoms with Gasteiger partial charge in [-0.15, -0.1) is 11.3 Å². The summed E-state index contributed by atoms with van der Waals surface area (Å²) in [6, 6.07) is 7.41. The second-order valence-electron chi connectivity index (χ2n) is 5.55. The number of carbonyl (C=O) groups is 1. The lowest BCUT2D eigenvalue weighted by molar-refractivity contribution is -0.106. The molecule has 2 heterocycles. The number of aromatic nitrogens is 1. The molecule has 0 bridgehead atoms. The van der Waals surface area contributed by atoms with Crippen LogP contribution in [0.2, 0.25) is 5.02 Å². The monoisotopic (exact) mass is 351 g/mol. The van der Waals surface area contributed by atoms with Gasteiger partial charge in [0.25, 0.3) is 0 Å². The Morgan fingerprint density at radius 3 is 2.41 bits per heavy atom. The molecule has 3 rings (SSSR count). The molecule has 0 amide bonds. The number of nitrogens with zero attached hydrogens (tertiary/aromatic N) is 1. The predicted molar refractivity (Wildman–Crippen MR) is 93.5 cm³/mol. The molecule has 1 aliphatic heterocycles. The van der Waals surface area contributed by atoms with Crippen LogP contribution in [0.15, 0.2) is 30.0 Å². The molecule has 1 N–H and O–H groups in total. The Hall–Kier alpha value is -1.30. The first-order chi connectivity index (χ1) is 10.3. The maximum Gasteiger partial charge on any atom is 0.225 e. The summed E-state index contributed by atoms with van der Waals surface area (Å²) in [5.41, 5.74) is 1.86. The number of halogens is 1. The van der Waals surface area contributed by atoms with Crippen molar-refractivity contribution in [3.8, 4) is 10.6 Å². The number of thiazole rings is 1. The van der Waals surface area contributed by atoms with E-state index in [1.807, 2.05) is 45.0 Å². The number of hydrogen-bond donors (Lipinski definition) is 1. The summed E-state index contributed by atoms with van der Waals surface area (Å²) in [6.07, 6.45) is 0. The lowest BCUT2D eigenvalue weighted by Gasteiger charge is -2.14. The molecule has 0 radical (unpaired) electrons. The molecule has 114 valence electrons. The lowest BCUT2D eigenvalue weighted by Crippen LogP contribution is -2.14. The number of thioether (sulfide) groups is 1. The van der Waals surface area contributed by atoms with E-state index in [1.165, 1.54) is 11.3 Å². The molecule has 0 fully saturated rings. The maximum atomic E-state index is 12.2. The lowest BCUT2D eigenvalue weighted by atomic mass is 10.0. The first kappa shape index (κ1) is 15.6. The number of rotatable bonds is 2. The molecule has 22 heavy (non-hydrogen) atoms. The Morgan fingerprint density at radius 2 is 1.86 bits per heavy atom. The van der Waals surface area contributed by atoms with Gasteiger partial charge in [0.15, 0.2) is 0 Å². The Labute approximate surface area is 142 Å². The standard InChI is InChI=1S/C16H14ClNO2S2/c1-8-12(11-13(19)16(2,3)22-15(11)20)18-14(21-8)9-4-6-10(17)7-5-9/h4-7,19H,1-3H3. The minimum Gasteiger partial charge on any atom is -0.510 e. The summed E-state index contributed by atoms with van der Waals surface area (Å²) in [5, 5.41) is 11.7. The summed E-state index contributed by atoms with van der Waals surface area (Å²) >= 11 is 8.54. The van der Waals surface area contributed by atoms with Crippen molar-refractivity contribution >= 4 is 45.4 Å². The van der Waals surface area contributed by atoms with Crippen molar-refractivity contribution in [3.63, 3.8) is 0 Å². The van der Waals surface area contributed by atoms with E-state index in [0.29, 0.717) is 16.3 Å². The van der Waals surface area contributed by atoms with Gasteiger partial charge in [-0.05, 0) is 32.9 Å². The van der Waals surface area contributed by atoms with Crippen molar-refractivity contribution in [1.29, 1.82) is 0 Å². The normalized spacial score (nSPS) is 17.4. The zero-order chi connectivity index (χ0) is 16.1. The highest BCUT2D eigenvalue weighted by atomic mass is 35.5. The van der Waals surface area contributed by atoms with E-state index in [4.69, 9.17) is 11.6 Å². The van der Waals surface area contributed by atoms with Crippen LogP contribution in [0.3, 0.4) is 0 Å². The third-order valence-electron chi connectivity index (χ3n) is 3.48. The third-order valence-corrected chi connectivity index (χ3v) is 5.85. The second kappa shape index (κ2) is 5.41. The SMILES string of the molecule is Cc1sc(-c2ccc(Cl)cc2)nc1C1=C(O)C(C)(C)SC1=O. The van der Waals surface area contributed by atoms with Crippen molar-refractivity contribution < 1.29 is 9.90 Å². The van der Waals surface area contributed by atoms with Gasteiger partial charge < -0.3 is 5.11 Å². The van der Waals surface area contributed by atoms with Crippen LogP contribution >= 0.6 is 34.7 Å². The van der Waals surface area contributed by atoms with Crippen LogP contribution in [0.5, 0.6) is 0 Å². The third kappa shape index (κ3) is 2.57. The number of hydrogen-bond acceptors (Lipinski definition) is 5. The Balaban J connectivity index is 2.09. The first-order valence-electron chi connectivity index (χ1n) is 6.70. The molecule has 0 saturated carbocycles. The van der Waals surface area contributed by atoms with Crippen LogP contribution < -0.4 is 0 Å². The fraction of sp³-hybridized carbons (Fsp3) is 0.250. The van der Waals surface area contributed by atoms with Crippen molar-refractivity contribution in [2.75, 3.05) is 0 Å². The van der Waals surface area contributed by atoms with Gasteiger partial charge in [-0.1, -0.05) is 35.5 Å².